The Kier molecular flexibility index (Phi) is 3.26. The van der Waals surface area contributed by atoms with Crippen molar-refractivity contribution >= 4 is 10.9 Å². The summed E-state index contributed by atoms with van der Waals surface area (Å²) in [6.45, 7) is 7.58. The number of hydrogen-bond acceptors (Lipinski definition) is 3. The number of benzene rings is 1. The van der Waals surface area contributed by atoms with Gasteiger partial charge in [-0.2, -0.15) is 0 Å². The van der Waals surface area contributed by atoms with Crippen LogP contribution in [0.2, 0.25) is 0 Å². The van der Waals surface area contributed by atoms with Gasteiger partial charge in [0.1, 0.15) is 0 Å². The molecule has 3 nitrogen and oxygen atoms in total. The second kappa shape index (κ2) is 5.04. The number of hydrogen-bond donors (Lipinski definition) is 1. The van der Waals surface area contributed by atoms with E-state index in [1.54, 1.807) is 0 Å². The van der Waals surface area contributed by atoms with Gasteiger partial charge in [-0.25, -0.2) is 0 Å². The Balaban J connectivity index is 1.94. The highest BCUT2D eigenvalue weighted by molar-refractivity contribution is 5.82. The molecule has 0 amide bonds. The fourth-order valence-electron chi connectivity index (χ4n) is 2.64. The van der Waals surface area contributed by atoms with Crippen molar-refractivity contribution in [3.8, 4) is 0 Å². The van der Waals surface area contributed by atoms with E-state index in [0.29, 0.717) is 0 Å². The molecule has 1 aromatic carbocycles. The first-order valence-corrected chi connectivity index (χ1v) is 6.61. The number of pyridine rings is 1. The molecule has 0 radical (unpaired) electrons. The average Bonchev–Trinajstić information content (AvgIpc) is 2.40. The van der Waals surface area contributed by atoms with Gasteiger partial charge in [-0.3, -0.25) is 9.88 Å². The molecular weight excluding hydrogens is 222 g/mol. The van der Waals surface area contributed by atoms with Crippen LogP contribution in [0.5, 0.6) is 0 Å². The third-order valence-corrected chi connectivity index (χ3v) is 3.53. The van der Waals surface area contributed by atoms with Gasteiger partial charge in [0.2, 0.25) is 0 Å². The summed E-state index contributed by atoms with van der Waals surface area (Å²) in [7, 11) is 0. The minimum atomic E-state index is 1.03. The molecule has 0 spiro atoms. The molecule has 1 saturated heterocycles. The predicted molar refractivity (Wildman–Crippen MR) is 74.6 cm³/mol. The van der Waals surface area contributed by atoms with Gasteiger partial charge < -0.3 is 5.32 Å². The van der Waals surface area contributed by atoms with Crippen molar-refractivity contribution in [1.29, 1.82) is 0 Å². The molecule has 18 heavy (non-hydrogen) atoms. The monoisotopic (exact) mass is 241 g/mol. The first-order chi connectivity index (χ1) is 8.83. The lowest BCUT2D eigenvalue weighted by molar-refractivity contribution is 0.234. The number of piperazine rings is 1. The van der Waals surface area contributed by atoms with Crippen molar-refractivity contribution in [2.24, 2.45) is 0 Å². The highest BCUT2D eigenvalue weighted by Gasteiger charge is 2.12. The zero-order valence-corrected chi connectivity index (χ0v) is 10.8. The Hall–Kier alpha value is -1.45. The lowest BCUT2D eigenvalue weighted by Gasteiger charge is -2.27. The van der Waals surface area contributed by atoms with E-state index in [4.69, 9.17) is 0 Å². The van der Waals surface area contributed by atoms with Crippen molar-refractivity contribution in [3.05, 3.63) is 41.6 Å². The zero-order chi connectivity index (χ0) is 12.4. The molecule has 1 aliphatic rings. The molecule has 1 aliphatic heterocycles. The summed E-state index contributed by atoms with van der Waals surface area (Å²) in [5, 5.41) is 4.69. The summed E-state index contributed by atoms with van der Waals surface area (Å²) in [5.74, 6) is 0. The quantitative estimate of drug-likeness (QED) is 0.871. The Bertz CT molecular complexity index is 544. The van der Waals surface area contributed by atoms with E-state index in [9.17, 15) is 0 Å². The van der Waals surface area contributed by atoms with Gasteiger partial charge in [0.25, 0.3) is 0 Å². The summed E-state index contributed by atoms with van der Waals surface area (Å²) in [4.78, 5) is 7.11. The smallest absolute Gasteiger partial charge is 0.0708 e. The number of rotatable bonds is 2. The molecule has 3 heteroatoms. The van der Waals surface area contributed by atoms with Gasteiger partial charge in [0.15, 0.2) is 0 Å². The second-order valence-electron chi connectivity index (χ2n) is 4.97. The average molecular weight is 241 g/mol. The highest BCUT2D eigenvalue weighted by Crippen LogP contribution is 2.19. The van der Waals surface area contributed by atoms with Crippen molar-refractivity contribution in [2.45, 2.75) is 13.5 Å². The van der Waals surface area contributed by atoms with Gasteiger partial charge in [-0.05, 0) is 24.6 Å². The van der Waals surface area contributed by atoms with E-state index in [-0.39, 0.29) is 0 Å². The maximum atomic E-state index is 4.60. The van der Waals surface area contributed by atoms with Crippen LogP contribution >= 0.6 is 0 Å². The van der Waals surface area contributed by atoms with Crippen LogP contribution < -0.4 is 5.32 Å². The number of aryl methyl sites for hydroxylation is 1. The molecule has 2 aromatic rings. The third-order valence-electron chi connectivity index (χ3n) is 3.53. The fourth-order valence-corrected chi connectivity index (χ4v) is 2.64. The molecule has 0 saturated carbocycles. The molecule has 0 unspecified atom stereocenters. The Morgan fingerprint density at radius 2 is 2.00 bits per heavy atom. The summed E-state index contributed by atoms with van der Waals surface area (Å²) in [6, 6.07) is 10.7. The molecule has 0 bridgehead atoms. The topological polar surface area (TPSA) is 28.2 Å². The van der Waals surface area contributed by atoms with Crippen molar-refractivity contribution in [1.82, 2.24) is 15.2 Å². The molecule has 3 rings (SSSR count). The Labute approximate surface area is 108 Å². The lowest BCUT2D eigenvalue weighted by Crippen LogP contribution is -2.42. The fraction of sp³-hybridized carbons (Fsp3) is 0.400. The molecule has 1 fully saturated rings. The van der Waals surface area contributed by atoms with Gasteiger partial charge in [0, 0.05) is 43.8 Å². The largest absolute Gasteiger partial charge is 0.314 e. The van der Waals surface area contributed by atoms with E-state index in [2.05, 4.69) is 52.5 Å². The standard InChI is InChI=1S/C15H19N3/c1-12-10-13(11-18-8-6-16-7-9-18)14-4-2-3-5-15(14)17-12/h2-5,10,16H,6-9,11H2,1H3. The van der Waals surface area contributed by atoms with Gasteiger partial charge in [-0.15, -0.1) is 0 Å². The summed E-state index contributed by atoms with van der Waals surface area (Å²) < 4.78 is 0. The van der Waals surface area contributed by atoms with Crippen LogP contribution in [-0.4, -0.2) is 36.1 Å². The summed E-state index contributed by atoms with van der Waals surface area (Å²) in [6.07, 6.45) is 0. The van der Waals surface area contributed by atoms with Crippen LogP contribution in [0, 0.1) is 6.92 Å². The first-order valence-electron chi connectivity index (χ1n) is 6.61. The second-order valence-corrected chi connectivity index (χ2v) is 4.97. The van der Waals surface area contributed by atoms with Crippen LogP contribution in [0.15, 0.2) is 30.3 Å². The maximum Gasteiger partial charge on any atom is 0.0708 e. The maximum absolute atomic E-state index is 4.60. The SMILES string of the molecule is Cc1cc(CN2CCNCC2)c2ccccc2n1. The molecule has 2 heterocycles. The van der Waals surface area contributed by atoms with E-state index in [0.717, 1.165) is 43.9 Å². The first kappa shape index (κ1) is 11.6. The summed E-state index contributed by atoms with van der Waals surface area (Å²) >= 11 is 0. The van der Waals surface area contributed by atoms with Crippen LogP contribution in [-0.2, 0) is 6.54 Å². The molecule has 0 aliphatic carbocycles. The van der Waals surface area contributed by atoms with Crippen molar-refractivity contribution in [2.75, 3.05) is 26.2 Å². The molecule has 94 valence electrons. The van der Waals surface area contributed by atoms with Gasteiger partial charge >= 0.3 is 0 Å². The molecular formula is C15H19N3. The number of fused-ring (bicyclic) bond motifs is 1. The Morgan fingerprint density at radius 1 is 1.22 bits per heavy atom. The van der Waals surface area contributed by atoms with Crippen LogP contribution in [0.25, 0.3) is 10.9 Å². The molecule has 1 aromatic heterocycles. The number of nitrogens with zero attached hydrogens (tertiary/aromatic N) is 2. The van der Waals surface area contributed by atoms with E-state index in [1.165, 1.54) is 10.9 Å². The van der Waals surface area contributed by atoms with Gasteiger partial charge in [-0.1, -0.05) is 18.2 Å². The minimum absolute atomic E-state index is 1.03. The van der Waals surface area contributed by atoms with E-state index in [1.807, 2.05) is 0 Å². The summed E-state index contributed by atoms with van der Waals surface area (Å²) in [5.41, 5.74) is 3.63. The Morgan fingerprint density at radius 3 is 2.83 bits per heavy atom. The third kappa shape index (κ3) is 2.37. The highest BCUT2D eigenvalue weighted by atomic mass is 15.2. The zero-order valence-electron chi connectivity index (χ0n) is 10.8. The molecule has 0 atom stereocenters. The number of aromatic nitrogens is 1. The van der Waals surface area contributed by atoms with E-state index >= 15 is 0 Å². The van der Waals surface area contributed by atoms with Crippen LogP contribution in [0.1, 0.15) is 11.3 Å². The normalized spacial score (nSPS) is 17.2. The van der Waals surface area contributed by atoms with Crippen LogP contribution in [0.4, 0.5) is 0 Å². The molecule has 1 N–H and O–H groups in total. The van der Waals surface area contributed by atoms with Crippen molar-refractivity contribution in [3.63, 3.8) is 0 Å². The predicted octanol–water partition coefficient (Wildman–Crippen LogP) is 1.95. The number of para-hydroxylation sites is 1. The lowest BCUT2D eigenvalue weighted by atomic mass is 10.1. The van der Waals surface area contributed by atoms with Crippen molar-refractivity contribution < 1.29 is 0 Å². The van der Waals surface area contributed by atoms with E-state index < -0.39 is 0 Å². The number of nitrogens with one attached hydrogen (secondary N) is 1. The van der Waals surface area contributed by atoms with Crippen LogP contribution in [0.3, 0.4) is 0 Å². The van der Waals surface area contributed by atoms with Gasteiger partial charge in [0.05, 0.1) is 5.52 Å². The minimum Gasteiger partial charge on any atom is -0.314 e.